The van der Waals surface area contributed by atoms with Crippen LogP contribution in [0.25, 0.3) is 56.4 Å². The normalized spacial score (nSPS) is 12.5. The Morgan fingerprint density at radius 2 is 1.68 bits per heavy atom. The van der Waals surface area contributed by atoms with E-state index in [-0.39, 0.29) is 6.04 Å². The second-order valence-corrected chi connectivity index (χ2v) is 8.93. The lowest BCUT2D eigenvalue weighted by atomic mass is 9.96. The van der Waals surface area contributed by atoms with Crippen LogP contribution in [0.5, 0.6) is 0 Å². The number of pyridine rings is 2. The molecule has 178 valence electrons. The summed E-state index contributed by atoms with van der Waals surface area (Å²) in [4.78, 5) is 13.9. The highest BCUT2D eigenvalue weighted by molar-refractivity contribution is 5.98. The van der Waals surface area contributed by atoms with Crippen LogP contribution < -0.4 is 5.73 Å². The van der Waals surface area contributed by atoms with Crippen molar-refractivity contribution in [1.29, 1.82) is 0 Å². The highest BCUT2D eigenvalue weighted by atomic mass is 15.4. The van der Waals surface area contributed by atoms with Crippen LogP contribution in [0.4, 0.5) is 0 Å². The molecule has 0 spiro atoms. The highest BCUT2D eigenvalue weighted by Gasteiger charge is 2.18. The van der Waals surface area contributed by atoms with Gasteiger partial charge in [0.25, 0.3) is 5.78 Å². The molecule has 0 saturated carbocycles. The molecule has 9 heteroatoms. The molecule has 9 nitrogen and oxygen atoms in total. The average molecular weight is 484 g/mol. The minimum Gasteiger partial charge on any atom is -0.324 e. The van der Waals surface area contributed by atoms with Crippen LogP contribution >= 0.6 is 0 Å². The van der Waals surface area contributed by atoms with Gasteiger partial charge in [0.15, 0.2) is 5.65 Å². The molecule has 0 saturated heterocycles. The maximum absolute atomic E-state index is 6.07. The third-order valence-corrected chi connectivity index (χ3v) is 6.48. The number of nitrogens with two attached hydrogens (primary N) is 1. The molecule has 7 rings (SSSR count). The third-order valence-electron chi connectivity index (χ3n) is 6.48. The maximum Gasteiger partial charge on any atom is 0.252 e. The van der Waals surface area contributed by atoms with Gasteiger partial charge in [0.1, 0.15) is 0 Å². The van der Waals surface area contributed by atoms with Gasteiger partial charge in [-0.05, 0) is 36.2 Å². The number of benzene rings is 2. The fourth-order valence-corrected chi connectivity index (χ4v) is 4.58. The zero-order chi connectivity index (χ0) is 24.9. The van der Waals surface area contributed by atoms with Crippen molar-refractivity contribution in [3.63, 3.8) is 0 Å². The van der Waals surface area contributed by atoms with Gasteiger partial charge in [0.05, 0.1) is 11.2 Å². The van der Waals surface area contributed by atoms with E-state index in [9.17, 15) is 0 Å². The zero-order valence-electron chi connectivity index (χ0n) is 19.9. The van der Waals surface area contributed by atoms with E-state index in [2.05, 4.69) is 67.7 Å². The van der Waals surface area contributed by atoms with Gasteiger partial charge in [-0.3, -0.25) is 4.40 Å². The van der Waals surface area contributed by atoms with Gasteiger partial charge >= 0.3 is 0 Å². The standard InChI is InChI=1S/C28H21N9/c1-17(29)18-8-10-20(11-9-18)24-21(19-6-3-2-4-7-19)16-22-23(31-24)12-15-36-26(22)33-34-27(36)25-32-28-30-13-5-14-37(28)35-25/h2-17H,29H2,1H3/t17-/m1/s1. The van der Waals surface area contributed by atoms with Crippen molar-refractivity contribution < 1.29 is 0 Å². The first-order valence-electron chi connectivity index (χ1n) is 11.9. The summed E-state index contributed by atoms with van der Waals surface area (Å²) in [6.07, 6.45) is 5.39. The van der Waals surface area contributed by atoms with Gasteiger partial charge in [-0.1, -0.05) is 54.6 Å². The SMILES string of the molecule is C[C@@H](N)c1ccc(-c2nc3ccn4c(-c5nc6ncccn6n5)nnc4c3cc2-c2ccccc2)cc1. The Kier molecular flexibility index (Phi) is 4.76. The summed E-state index contributed by atoms with van der Waals surface area (Å²) in [7, 11) is 0. The Morgan fingerprint density at radius 3 is 2.46 bits per heavy atom. The second-order valence-electron chi connectivity index (χ2n) is 8.93. The summed E-state index contributed by atoms with van der Waals surface area (Å²) in [6, 6.07) is 24.4. The summed E-state index contributed by atoms with van der Waals surface area (Å²) >= 11 is 0. The Morgan fingerprint density at radius 1 is 0.838 bits per heavy atom. The van der Waals surface area contributed by atoms with E-state index in [1.54, 1.807) is 23.0 Å². The van der Waals surface area contributed by atoms with Crippen molar-refractivity contribution >= 4 is 22.3 Å². The number of hydrogen-bond acceptors (Lipinski definition) is 7. The molecule has 2 N–H and O–H groups in total. The Labute approximate surface area is 211 Å². The number of aromatic nitrogens is 8. The van der Waals surface area contributed by atoms with Crippen LogP contribution in [0.1, 0.15) is 18.5 Å². The van der Waals surface area contributed by atoms with Crippen molar-refractivity contribution in [2.45, 2.75) is 13.0 Å². The summed E-state index contributed by atoms with van der Waals surface area (Å²) in [5.74, 6) is 1.50. The molecule has 7 aromatic rings. The van der Waals surface area contributed by atoms with Crippen molar-refractivity contribution in [1.82, 2.24) is 39.2 Å². The van der Waals surface area contributed by atoms with E-state index in [0.29, 0.717) is 23.1 Å². The van der Waals surface area contributed by atoms with Crippen molar-refractivity contribution in [2.24, 2.45) is 5.73 Å². The Balaban J connectivity index is 1.45. The molecule has 0 aliphatic carbocycles. The fourth-order valence-electron chi connectivity index (χ4n) is 4.58. The van der Waals surface area contributed by atoms with Gasteiger partial charge in [0.2, 0.25) is 11.6 Å². The quantitative estimate of drug-likeness (QED) is 0.385. The predicted molar refractivity (Wildman–Crippen MR) is 142 cm³/mol. The molecule has 37 heavy (non-hydrogen) atoms. The van der Waals surface area contributed by atoms with Crippen LogP contribution in [-0.4, -0.2) is 39.2 Å². The summed E-state index contributed by atoms with van der Waals surface area (Å²) in [6.45, 7) is 1.98. The number of rotatable bonds is 4. The predicted octanol–water partition coefficient (Wildman–Crippen LogP) is 4.74. The summed E-state index contributed by atoms with van der Waals surface area (Å²) in [5.41, 5.74) is 12.7. The first-order chi connectivity index (χ1) is 18.2. The Bertz CT molecular complexity index is 1870. The van der Waals surface area contributed by atoms with Gasteiger partial charge in [0, 0.05) is 41.1 Å². The van der Waals surface area contributed by atoms with E-state index < -0.39 is 0 Å². The number of fused-ring (bicyclic) bond motifs is 4. The lowest BCUT2D eigenvalue weighted by Crippen LogP contribution is -2.04. The minimum absolute atomic E-state index is 0.0270. The molecule has 0 aliphatic rings. The van der Waals surface area contributed by atoms with Crippen LogP contribution in [0.3, 0.4) is 0 Å². The van der Waals surface area contributed by atoms with E-state index in [1.165, 1.54) is 0 Å². The molecule has 0 fully saturated rings. The lowest BCUT2D eigenvalue weighted by molar-refractivity contribution is 0.818. The van der Waals surface area contributed by atoms with E-state index in [1.807, 2.05) is 41.8 Å². The van der Waals surface area contributed by atoms with E-state index >= 15 is 0 Å². The minimum atomic E-state index is -0.0270. The number of hydrogen-bond donors (Lipinski definition) is 1. The maximum atomic E-state index is 6.07. The molecule has 2 aromatic carbocycles. The van der Waals surface area contributed by atoms with Gasteiger partial charge in [-0.2, -0.15) is 4.98 Å². The van der Waals surface area contributed by atoms with E-state index in [0.717, 1.165) is 38.9 Å². The van der Waals surface area contributed by atoms with Crippen molar-refractivity contribution in [2.75, 3.05) is 0 Å². The zero-order valence-corrected chi connectivity index (χ0v) is 19.9. The van der Waals surface area contributed by atoms with Crippen LogP contribution in [-0.2, 0) is 0 Å². The molecular weight excluding hydrogens is 462 g/mol. The first-order valence-corrected chi connectivity index (χ1v) is 11.9. The second kappa shape index (κ2) is 8.28. The van der Waals surface area contributed by atoms with Crippen LogP contribution in [0.15, 0.2) is 91.4 Å². The molecule has 0 aliphatic heterocycles. The first kappa shape index (κ1) is 21.3. The lowest BCUT2D eigenvalue weighted by Gasteiger charge is -2.13. The molecular formula is C28H21N9. The van der Waals surface area contributed by atoms with Gasteiger partial charge < -0.3 is 5.73 Å². The topological polar surface area (TPSA) is 112 Å². The van der Waals surface area contributed by atoms with Crippen LogP contribution in [0.2, 0.25) is 0 Å². The Hall–Kier alpha value is -5.02. The average Bonchev–Trinajstić information content (AvgIpc) is 3.57. The van der Waals surface area contributed by atoms with Gasteiger partial charge in [-0.15, -0.1) is 15.3 Å². The molecule has 5 heterocycles. The third kappa shape index (κ3) is 3.52. The molecule has 0 amide bonds. The summed E-state index contributed by atoms with van der Waals surface area (Å²) < 4.78 is 3.51. The molecule has 0 radical (unpaired) electrons. The monoisotopic (exact) mass is 483 g/mol. The molecule has 1 atom stereocenters. The van der Waals surface area contributed by atoms with Crippen molar-refractivity contribution in [3.8, 4) is 34.0 Å². The largest absolute Gasteiger partial charge is 0.324 e. The molecule has 5 aromatic heterocycles. The van der Waals surface area contributed by atoms with Crippen molar-refractivity contribution in [3.05, 3.63) is 97.0 Å². The van der Waals surface area contributed by atoms with Crippen LogP contribution in [0, 0.1) is 0 Å². The summed E-state index contributed by atoms with van der Waals surface area (Å²) in [5, 5.41) is 14.3. The molecule has 0 unspecified atom stereocenters. The highest BCUT2D eigenvalue weighted by Crippen LogP contribution is 2.35. The smallest absolute Gasteiger partial charge is 0.252 e. The molecule has 0 bridgehead atoms. The van der Waals surface area contributed by atoms with E-state index in [4.69, 9.17) is 10.7 Å². The fraction of sp³-hybridized carbons (Fsp3) is 0.0714. The number of nitrogens with zero attached hydrogens (tertiary/aromatic N) is 8. The van der Waals surface area contributed by atoms with Gasteiger partial charge in [-0.25, -0.2) is 14.5 Å².